The highest BCUT2D eigenvalue weighted by Crippen LogP contribution is 2.23. The average Bonchev–Trinajstić information content (AvgIpc) is 3.22. The van der Waals surface area contributed by atoms with Crippen molar-refractivity contribution in [3.8, 4) is 0 Å². The topological polar surface area (TPSA) is 83.7 Å². The van der Waals surface area contributed by atoms with E-state index in [1.54, 1.807) is 22.8 Å². The Morgan fingerprint density at radius 1 is 1.03 bits per heavy atom. The molecule has 0 bridgehead atoms. The summed E-state index contributed by atoms with van der Waals surface area (Å²) in [5.74, 6) is 0.366. The quantitative estimate of drug-likeness (QED) is 0.400. The van der Waals surface area contributed by atoms with Crippen LogP contribution in [0.2, 0.25) is 0 Å². The van der Waals surface area contributed by atoms with Crippen molar-refractivity contribution in [2.75, 3.05) is 0 Å². The Balaban J connectivity index is 1.81. The summed E-state index contributed by atoms with van der Waals surface area (Å²) in [6, 6.07) is 6.67. The van der Waals surface area contributed by atoms with Gasteiger partial charge in [0.2, 0.25) is 6.43 Å². The Kier molecular flexibility index (Phi) is 6.19. The molecule has 7 nitrogen and oxygen atoms in total. The number of hydrogen-bond donors (Lipinski definition) is 1. The van der Waals surface area contributed by atoms with Gasteiger partial charge in [0.15, 0.2) is 0 Å². The van der Waals surface area contributed by atoms with E-state index in [1.807, 2.05) is 0 Å². The molecule has 0 radical (unpaired) electrons. The largest absolute Gasteiger partial charge is 0.406 e. The van der Waals surface area contributed by atoms with Crippen LogP contribution < -0.4 is 11.4 Å². The van der Waals surface area contributed by atoms with Crippen molar-refractivity contribution in [1.82, 2.24) is 23.7 Å². The molecule has 0 saturated carbocycles. The molecule has 3 heterocycles. The minimum atomic E-state index is -4.59. The standard InChI is InChI=1S/C21H21F5N6O/c22-18(23)2-1-7-30-15-4-3-13(9-27)8-14(15)29-19(30)11-31-17-10-28-6-5-16(17)32(20(31)33)12-21(24,25)26/h3-6,8,10,18H,1-2,7,9,11-12,27H2. The first-order valence-electron chi connectivity index (χ1n) is 10.2. The molecule has 0 saturated heterocycles. The van der Waals surface area contributed by atoms with Crippen LogP contribution in [0.5, 0.6) is 0 Å². The average molecular weight is 468 g/mol. The summed E-state index contributed by atoms with van der Waals surface area (Å²) >= 11 is 0. The van der Waals surface area contributed by atoms with Crippen LogP contribution in [0.15, 0.2) is 41.5 Å². The number of fused-ring (bicyclic) bond motifs is 2. The molecule has 12 heteroatoms. The van der Waals surface area contributed by atoms with E-state index >= 15 is 0 Å². The second kappa shape index (κ2) is 8.93. The van der Waals surface area contributed by atoms with Gasteiger partial charge in [0.05, 0.1) is 34.8 Å². The van der Waals surface area contributed by atoms with Gasteiger partial charge in [-0.1, -0.05) is 6.07 Å². The van der Waals surface area contributed by atoms with Crippen LogP contribution in [-0.2, 0) is 26.2 Å². The Morgan fingerprint density at radius 3 is 2.52 bits per heavy atom. The first-order valence-corrected chi connectivity index (χ1v) is 10.2. The lowest BCUT2D eigenvalue weighted by atomic mass is 10.2. The van der Waals surface area contributed by atoms with Crippen molar-refractivity contribution in [1.29, 1.82) is 0 Å². The van der Waals surface area contributed by atoms with Crippen LogP contribution in [-0.4, -0.2) is 36.3 Å². The summed E-state index contributed by atoms with van der Waals surface area (Å²) < 4.78 is 68.2. The van der Waals surface area contributed by atoms with E-state index in [4.69, 9.17) is 5.73 Å². The third kappa shape index (κ3) is 4.75. The molecule has 4 rings (SSSR count). The fraction of sp³-hybridized carbons (Fsp3) is 0.381. The van der Waals surface area contributed by atoms with Crippen LogP contribution in [0.1, 0.15) is 24.2 Å². The lowest BCUT2D eigenvalue weighted by Crippen LogP contribution is -2.30. The maximum Gasteiger partial charge on any atom is 0.406 e. The van der Waals surface area contributed by atoms with Crippen LogP contribution in [0, 0.1) is 0 Å². The molecule has 0 aliphatic carbocycles. The number of rotatable bonds is 8. The van der Waals surface area contributed by atoms with Gasteiger partial charge in [-0.05, 0) is 30.2 Å². The molecule has 33 heavy (non-hydrogen) atoms. The molecule has 0 unspecified atom stereocenters. The Morgan fingerprint density at radius 2 is 1.82 bits per heavy atom. The van der Waals surface area contributed by atoms with E-state index in [-0.39, 0.29) is 43.5 Å². The third-order valence-electron chi connectivity index (χ3n) is 5.39. The number of hydrogen-bond acceptors (Lipinski definition) is 4. The fourth-order valence-electron chi connectivity index (χ4n) is 3.92. The van der Waals surface area contributed by atoms with Crippen molar-refractivity contribution in [3.05, 3.63) is 58.5 Å². The molecule has 2 N–H and O–H groups in total. The summed E-state index contributed by atoms with van der Waals surface area (Å²) in [7, 11) is 0. The smallest absolute Gasteiger partial charge is 0.326 e. The molecule has 0 aliphatic heterocycles. The highest BCUT2D eigenvalue weighted by atomic mass is 19.4. The van der Waals surface area contributed by atoms with Crippen LogP contribution in [0.25, 0.3) is 22.1 Å². The predicted octanol–water partition coefficient (Wildman–Crippen LogP) is 3.66. The van der Waals surface area contributed by atoms with Crippen molar-refractivity contribution in [2.45, 2.75) is 51.6 Å². The Hall–Kier alpha value is -3.28. The number of pyridine rings is 1. The van der Waals surface area contributed by atoms with Crippen molar-refractivity contribution < 1.29 is 22.0 Å². The van der Waals surface area contributed by atoms with Gasteiger partial charge < -0.3 is 10.3 Å². The molecule has 0 amide bonds. The summed E-state index contributed by atoms with van der Waals surface area (Å²) in [4.78, 5) is 21.4. The zero-order valence-electron chi connectivity index (χ0n) is 17.4. The van der Waals surface area contributed by atoms with Crippen molar-refractivity contribution in [2.24, 2.45) is 5.73 Å². The fourth-order valence-corrected chi connectivity index (χ4v) is 3.92. The Bertz CT molecular complexity index is 1340. The molecule has 0 aliphatic rings. The van der Waals surface area contributed by atoms with Crippen LogP contribution in [0.3, 0.4) is 0 Å². The predicted molar refractivity (Wildman–Crippen MR) is 112 cm³/mol. The van der Waals surface area contributed by atoms with Crippen LogP contribution >= 0.6 is 0 Å². The van der Waals surface area contributed by atoms with Gasteiger partial charge in [0, 0.05) is 25.7 Å². The van der Waals surface area contributed by atoms with Gasteiger partial charge >= 0.3 is 11.9 Å². The zero-order chi connectivity index (χ0) is 23.8. The molecule has 1 aromatic carbocycles. The lowest BCUT2D eigenvalue weighted by Gasteiger charge is -2.10. The number of benzene rings is 1. The summed E-state index contributed by atoms with van der Waals surface area (Å²) in [6.45, 7) is -1.09. The van der Waals surface area contributed by atoms with Gasteiger partial charge in [-0.3, -0.25) is 14.1 Å². The summed E-state index contributed by atoms with van der Waals surface area (Å²) in [6.07, 6.45) is -4.56. The van der Waals surface area contributed by atoms with Gasteiger partial charge in [0.25, 0.3) is 0 Å². The van der Waals surface area contributed by atoms with Gasteiger partial charge in [-0.25, -0.2) is 18.6 Å². The van der Waals surface area contributed by atoms with Gasteiger partial charge in [-0.15, -0.1) is 0 Å². The third-order valence-corrected chi connectivity index (χ3v) is 5.39. The molecular weight excluding hydrogens is 447 g/mol. The highest BCUT2D eigenvalue weighted by molar-refractivity contribution is 5.77. The van der Waals surface area contributed by atoms with E-state index in [0.717, 1.165) is 5.56 Å². The second-order valence-corrected chi connectivity index (χ2v) is 7.67. The molecule has 176 valence electrons. The molecule has 3 aromatic heterocycles. The van der Waals surface area contributed by atoms with E-state index in [1.165, 1.54) is 23.0 Å². The van der Waals surface area contributed by atoms with Gasteiger partial charge in [-0.2, -0.15) is 13.2 Å². The number of nitrogens with zero attached hydrogens (tertiary/aromatic N) is 5. The zero-order valence-corrected chi connectivity index (χ0v) is 17.4. The maximum absolute atomic E-state index is 13.1. The number of imidazole rings is 2. The van der Waals surface area contributed by atoms with E-state index < -0.39 is 24.8 Å². The van der Waals surface area contributed by atoms with Crippen LogP contribution in [0.4, 0.5) is 22.0 Å². The molecular formula is C21H21F5N6O. The number of aryl methyl sites for hydroxylation is 1. The SMILES string of the molecule is NCc1ccc2c(c1)nc(Cn1c(=O)n(CC(F)(F)F)c3ccncc31)n2CCCC(F)F. The second-order valence-electron chi connectivity index (χ2n) is 7.67. The summed E-state index contributed by atoms with van der Waals surface area (Å²) in [5.41, 5.74) is 7.20. The highest BCUT2D eigenvalue weighted by Gasteiger charge is 2.31. The molecule has 0 spiro atoms. The number of alkyl halides is 5. The summed E-state index contributed by atoms with van der Waals surface area (Å²) in [5, 5.41) is 0. The monoisotopic (exact) mass is 468 g/mol. The van der Waals surface area contributed by atoms with Crippen molar-refractivity contribution in [3.63, 3.8) is 0 Å². The molecule has 0 fully saturated rings. The van der Waals surface area contributed by atoms with Crippen molar-refractivity contribution >= 4 is 22.1 Å². The minimum Gasteiger partial charge on any atom is -0.326 e. The maximum atomic E-state index is 13.1. The molecule has 0 atom stereocenters. The number of nitrogens with two attached hydrogens (primary N) is 1. The van der Waals surface area contributed by atoms with E-state index in [2.05, 4.69) is 9.97 Å². The Labute approximate surface area is 184 Å². The van der Waals surface area contributed by atoms with Gasteiger partial charge in [0.1, 0.15) is 12.4 Å². The lowest BCUT2D eigenvalue weighted by molar-refractivity contribution is -0.140. The number of halogens is 5. The first-order chi connectivity index (χ1) is 15.7. The molecule has 4 aromatic rings. The number of aromatic nitrogens is 5. The first kappa shape index (κ1) is 22.9. The minimum absolute atomic E-state index is 0.0955. The van der Waals surface area contributed by atoms with E-state index in [0.29, 0.717) is 21.4 Å². The van der Waals surface area contributed by atoms with E-state index in [9.17, 15) is 26.7 Å². The normalized spacial score (nSPS) is 12.5.